The number of aliphatic carboxylic acids is 1. The SMILES string of the molecule is N#Cc1sc(CCCNc2nc(-c3ccc(Cl)cc3Cl)cn3nc(C(=O)N4CCOCC4)cc23)nc1N.O=C(O)C(F)(F)F. The Morgan fingerprint density at radius 1 is 1.20 bits per heavy atom. The number of anilines is 2. The van der Waals surface area contributed by atoms with E-state index in [4.69, 9.17) is 53.8 Å². The first-order chi connectivity index (χ1) is 20.9. The molecule has 232 valence electrons. The molecule has 3 aromatic heterocycles. The maximum atomic E-state index is 13.1. The number of hydrogen-bond acceptors (Lipinski definition) is 10. The number of carboxylic acid groups (broad SMARTS) is 1. The van der Waals surface area contributed by atoms with Crippen LogP contribution in [0.4, 0.5) is 24.8 Å². The summed E-state index contributed by atoms with van der Waals surface area (Å²) in [6.07, 6.45) is -1.96. The Morgan fingerprint density at radius 2 is 1.91 bits per heavy atom. The number of nitrogens with one attached hydrogen (secondary N) is 1. The molecule has 1 fully saturated rings. The average Bonchev–Trinajstić information content (AvgIpc) is 3.58. The van der Waals surface area contributed by atoms with Crippen molar-refractivity contribution in [2.24, 2.45) is 0 Å². The highest BCUT2D eigenvalue weighted by Crippen LogP contribution is 2.31. The third-order valence-corrected chi connectivity index (χ3v) is 7.66. The van der Waals surface area contributed by atoms with E-state index in [1.54, 1.807) is 39.9 Å². The number of nitrogen functional groups attached to an aromatic ring is 1. The number of nitrogens with zero attached hydrogens (tertiary/aromatic N) is 6. The highest BCUT2D eigenvalue weighted by molar-refractivity contribution is 7.12. The number of aromatic nitrogens is 4. The van der Waals surface area contributed by atoms with Gasteiger partial charge < -0.3 is 25.8 Å². The largest absolute Gasteiger partial charge is 0.490 e. The van der Waals surface area contributed by atoms with E-state index in [1.165, 1.54) is 11.3 Å². The molecule has 12 nitrogen and oxygen atoms in total. The normalized spacial score (nSPS) is 13.2. The molecule has 1 aliphatic rings. The third kappa shape index (κ3) is 8.05. The Labute approximate surface area is 261 Å². The zero-order chi connectivity index (χ0) is 32.0. The smallest absolute Gasteiger partial charge is 0.475 e. The number of rotatable bonds is 7. The Kier molecular flexibility index (Phi) is 10.5. The van der Waals surface area contributed by atoms with Gasteiger partial charge >= 0.3 is 12.1 Å². The fourth-order valence-electron chi connectivity index (χ4n) is 3.99. The molecule has 0 bridgehead atoms. The molecular formula is C26H23Cl2F3N8O4S. The van der Waals surface area contributed by atoms with Crippen molar-refractivity contribution in [2.45, 2.75) is 19.0 Å². The molecule has 4 aromatic rings. The van der Waals surface area contributed by atoms with Gasteiger partial charge in [-0.1, -0.05) is 23.2 Å². The predicted octanol–water partition coefficient (Wildman–Crippen LogP) is 4.76. The van der Waals surface area contributed by atoms with Crippen molar-refractivity contribution in [3.05, 3.63) is 56.1 Å². The van der Waals surface area contributed by atoms with E-state index in [9.17, 15) is 18.0 Å². The lowest BCUT2D eigenvalue weighted by Crippen LogP contribution is -2.40. The van der Waals surface area contributed by atoms with Crippen LogP contribution in [0.15, 0.2) is 30.5 Å². The molecule has 0 radical (unpaired) electrons. The minimum Gasteiger partial charge on any atom is -0.475 e. The molecule has 1 amide bonds. The molecule has 0 spiro atoms. The summed E-state index contributed by atoms with van der Waals surface area (Å²) in [5.41, 5.74) is 8.03. The summed E-state index contributed by atoms with van der Waals surface area (Å²) in [5.74, 6) is -2.08. The van der Waals surface area contributed by atoms with E-state index in [2.05, 4.69) is 21.5 Å². The summed E-state index contributed by atoms with van der Waals surface area (Å²) in [7, 11) is 0. The zero-order valence-electron chi connectivity index (χ0n) is 22.6. The number of fused-ring (bicyclic) bond motifs is 1. The summed E-state index contributed by atoms with van der Waals surface area (Å²) >= 11 is 13.8. The number of halogens is 5. The van der Waals surface area contributed by atoms with Gasteiger partial charge in [0.15, 0.2) is 17.3 Å². The monoisotopic (exact) mass is 670 g/mol. The number of thiazole rings is 1. The summed E-state index contributed by atoms with van der Waals surface area (Å²) in [4.78, 5) is 33.2. The summed E-state index contributed by atoms with van der Waals surface area (Å²) < 4.78 is 38.7. The van der Waals surface area contributed by atoms with Crippen LogP contribution in [0.5, 0.6) is 0 Å². The van der Waals surface area contributed by atoms with E-state index in [0.717, 1.165) is 11.4 Å². The molecule has 18 heteroatoms. The number of nitriles is 1. The zero-order valence-corrected chi connectivity index (χ0v) is 24.9. The first kappa shape index (κ1) is 32.7. The van der Waals surface area contributed by atoms with Gasteiger partial charge in [0.05, 0.1) is 35.1 Å². The van der Waals surface area contributed by atoms with E-state index in [1.807, 2.05) is 0 Å². The van der Waals surface area contributed by atoms with Crippen LogP contribution < -0.4 is 11.1 Å². The number of morpholine rings is 1. The van der Waals surface area contributed by atoms with Crippen molar-refractivity contribution < 1.29 is 32.6 Å². The minimum absolute atomic E-state index is 0.154. The van der Waals surface area contributed by atoms with Crippen molar-refractivity contribution in [3.63, 3.8) is 0 Å². The number of amides is 1. The third-order valence-electron chi connectivity index (χ3n) is 6.08. The molecule has 44 heavy (non-hydrogen) atoms. The predicted molar refractivity (Wildman–Crippen MR) is 157 cm³/mol. The van der Waals surface area contributed by atoms with Gasteiger partial charge in [0, 0.05) is 42.7 Å². The number of carbonyl (C=O) groups is 2. The molecule has 1 aromatic carbocycles. The van der Waals surface area contributed by atoms with Gasteiger partial charge in [-0.05, 0) is 24.6 Å². The van der Waals surface area contributed by atoms with Crippen molar-refractivity contribution in [1.82, 2.24) is 24.5 Å². The lowest BCUT2D eigenvalue weighted by Gasteiger charge is -2.25. The number of nitrogens with two attached hydrogens (primary N) is 1. The van der Waals surface area contributed by atoms with Crippen LogP contribution in [0.1, 0.15) is 26.8 Å². The van der Waals surface area contributed by atoms with Gasteiger partial charge in [-0.15, -0.1) is 11.3 Å². The van der Waals surface area contributed by atoms with Crippen LogP contribution >= 0.6 is 34.5 Å². The van der Waals surface area contributed by atoms with Crippen molar-refractivity contribution in [2.75, 3.05) is 43.9 Å². The quantitative estimate of drug-likeness (QED) is 0.233. The van der Waals surface area contributed by atoms with Gasteiger partial charge in [-0.25, -0.2) is 19.3 Å². The summed E-state index contributed by atoms with van der Waals surface area (Å²) in [5, 5.41) is 25.9. The maximum absolute atomic E-state index is 13.1. The lowest BCUT2D eigenvalue weighted by atomic mass is 10.1. The average molecular weight is 671 g/mol. The Hall–Kier alpha value is -4.17. The van der Waals surface area contributed by atoms with Crippen molar-refractivity contribution >= 4 is 63.6 Å². The second-order valence-corrected chi connectivity index (χ2v) is 11.1. The number of carbonyl (C=O) groups excluding carboxylic acids is 1. The fourth-order valence-corrected chi connectivity index (χ4v) is 5.32. The number of carboxylic acids is 1. The van der Waals surface area contributed by atoms with Crippen molar-refractivity contribution in [1.29, 1.82) is 5.26 Å². The standard InChI is InChI=1S/C24H22Cl2N8O2S.C2HF3O2/c25-14-3-4-15(16(26)10-14)18-13-34-19(11-17(32-34)24(35)33-6-8-36-9-7-33)23(30-18)29-5-1-2-21-31-22(28)20(12-27)37-21;3-2(4,5)1(6)7/h3-4,10-11,13H,1-2,5-9,28H2,(H,29,30);(H,6,7). The summed E-state index contributed by atoms with van der Waals surface area (Å²) in [6, 6.07) is 8.99. The van der Waals surface area contributed by atoms with Crippen LogP contribution in [0.25, 0.3) is 16.8 Å². The molecule has 4 heterocycles. The highest BCUT2D eigenvalue weighted by atomic mass is 35.5. The number of alkyl halides is 3. The van der Waals surface area contributed by atoms with Gasteiger partial charge in [0.25, 0.3) is 5.91 Å². The number of hydrogen-bond donors (Lipinski definition) is 3. The highest BCUT2D eigenvalue weighted by Gasteiger charge is 2.38. The van der Waals surface area contributed by atoms with E-state index in [0.29, 0.717) is 82.5 Å². The first-order valence-corrected chi connectivity index (χ1v) is 14.4. The Balaban J connectivity index is 0.000000566. The second kappa shape index (κ2) is 14.1. The molecule has 1 aliphatic heterocycles. The van der Waals surface area contributed by atoms with E-state index < -0.39 is 12.1 Å². The van der Waals surface area contributed by atoms with Crippen LogP contribution in [0.3, 0.4) is 0 Å². The van der Waals surface area contributed by atoms with Gasteiger partial charge in [-0.2, -0.15) is 23.5 Å². The Morgan fingerprint density at radius 3 is 2.52 bits per heavy atom. The molecule has 4 N–H and O–H groups in total. The second-order valence-electron chi connectivity index (χ2n) is 9.13. The maximum Gasteiger partial charge on any atom is 0.490 e. The minimum atomic E-state index is -5.08. The molecule has 0 unspecified atom stereocenters. The first-order valence-electron chi connectivity index (χ1n) is 12.8. The van der Waals surface area contributed by atoms with Crippen LogP contribution in [-0.4, -0.2) is 80.5 Å². The van der Waals surface area contributed by atoms with Crippen LogP contribution in [0, 0.1) is 11.3 Å². The topological polar surface area (TPSA) is 172 Å². The van der Waals surface area contributed by atoms with Crippen molar-refractivity contribution in [3.8, 4) is 17.3 Å². The molecule has 1 saturated heterocycles. The van der Waals surface area contributed by atoms with E-state index in [-0.39, 0.29) is 11.7 Å². The molecule has 5 rings (SSSR count). The summed E-state index contributed by atoms with van der Waals surface area (Å²) in [6.45, 7) is 2.63. The molecule has 0 saturated carbocycles. The van der Waals surface area contributed by atoms with Crippen LogP contribution in [0.2, 0.25) is 10.0 Å². The molecule has 0 aliphatic carbocycles. The van der Waals surface area contributed by atoms with Gasteiger partial charge in [-0.3, -0.25) is 4.79 Å². The number of ether oxygens (including phenoxy) is 1. The number of aryl methyl sites for hydroxylation is 1. The van der Waals surface area contributed by atoms with Gasteiger partial charge in [0.2, 0.25) is 0 Å². The Bertz CT molecular complexity index is 1720. The van der Waals surface area contributed by atoms with Gasteiger partial charge in [0.1, 0.15) is 16.5 Å². The van der Waals surface area contributed by atoms with E-state index >= 15 is 0 Å². The lowest BCUT2D eigenvalue weighted by molar-refractivity contribution is -0.192. The molecular weight excluding hydrogens is 648 g/mol. The number of benzene rings is 1. The molecule has 0 atom stereocenters. The van der Waals surface area contributed by atoms with Crippen LogP contribution in [-0.2, 0) is 16.0 Å². The fraction of sp³-hybridized carbons (Fsp3) is 0.308.